The van der Waals surface area contributed by atoms with Crippen LogP contribution < -0.4 is 4.74 Å². The van der Waals surface area contributed by atoms with E-state index in [0.29, 0.717) is 28.6 Å². The van der Waals surface area contributed by atoms with Gasteiger partial charge in [0.1, 0.15) is 0 Å². The summed E-state index contributed by atoms with van der Waals surface area (Å²) in [4.78, 5) is 17.5. The van der Waals surface area contributed by atoms with Crippen LogP contribution in [0.5, 0.6) is 6.01 Å². The zero-order chi connectivity index (χ0) is 18.5. The number of carbonyl (C=O) groups is 1. The zero-order valence-corrected chi connectivity index (χ0v) is 15.5. The molecule has 0 bridgehead atoms. The Balaban J connectivity index is 2.04. The molecule has 0 fully saturated rings. The molecule has 0 unspecified atom stereocenters. The van der Waals surface area contributed by atoms with Crippen molar-refractivity contribution < 1.29 is 9.53 Å². The number of unbranched alkanes of at least 4 members (excludes halogenated alkanes) is 1. The summed E-state index contributed by atoms with van der Waals surface area (Å²) in [6, 6.07) is 14.8. The van der Waals surface area contributed by atoms with Crippen LogP contribution in [-0.4, -0.2) is 27.3 Å². The van der Waals surface area contributed by atoms with E-state index in [1.54, 1.807) is 18.2 Å². The monoisotopic (exact) mass is 369 g/mol. The molecule has 0 aliphatic rings. The SMILES string of the molecule is CCCCOc1nc(-c2cccc(Cl)c2)n(C(=O)c2ccccc2C)n1. The summed E-state index contributed by atoms with van der Waals surface area (Å²) >= 11 is 6.10. The second-order valence-corrected chi connectivity index (χ2v) is 6.40. The van der Waals surface area contributed by atoms with Gasteiger partial charge >= 0.3 is 6.01 Å². The van der Waals surface area contributed by atoms with Crippen molar-refractivity contribution in [2.24, 2.45) is 0 Å². The van der Waals surface area contributed by atoms with Crippen molar-refractivity contribution in [3.63, 3.8) is 0 Å². The van der Waals surface area contributed by atoms with Crippen LogP contribution in [0.4, 0.5) is 0 Å². The first-order valence-electron chi connectivity index (χ1n) is 8.56. The largest absolute Gasteiger partial charge is 0.462 e. The van der Waals surface area contributed by atoms with Gasteiger partial charge in [-0.2, -0.15) is 9.67 Å². The lowest BCUT2D eigenvalue weighted by Crippen LogP contribution is -2.16. The van der Waals surface area contributed by atoms with Crippen molar-refractivity contribution in [1.82, 2.24) is 14.8 Å². The van der Waals surface area contributed by atoms with E-state index in [1.807, 2.05) is 37.3 Å². The fraction of sp³-hybridized carbons (Fsp3) is 0.250. The van der Waals surface area contributed by atoms with Crippen molar-refractivity contribution >= 4 is 17.5 Å². The van der Waals surface area contributed by atoms with E-state index in [0.717, 1.165) is 18.4 Å². The molecule has 3 rings (SSSR count). The second kappa shape index (κ2) is 8.15. The maximum atomic E-state index is 13.1. The van der Waals surface area contributed by atoms with Crippen molar-refractivity contribution in [3.8, 4) is 17.4 Å². The van der Waals surface area contributed by atoms with Gasteiger partial charge in [-0.15, -0.1) is 5.10 Å². The van der Waals surface area contributed by atoms with Gasteiger partial charge in [-0.05, 0) is 37.1 Å². The molecule has 5 nitrogen and oxygen atoms in total. The van der Waals surface area contributed by atoms with Crippen LogP contribution in [0.2, 0.25) is 5.02 Å². The zero-order valence-electron chi connectivity index (χ0n) is 14.8. The van der Waals surface area contributed by atoms with Gasteiger partial charge in [-0.3, -0.25) is 4.79 Å². The molecule has 3 aromatic rings. The van der Waals surface area contributed by atoms with Crippen molar-refractivity contribution in [2.45, 2.75) is 26.7 Å². The smallest absolute Gasteiger partial charge is 0.336 e. The van der Waals surface area contributed by atoms with Crippen molar-refractivity contribution in [3.05, 3.63) is 64.7 Å². The number of aryl methyl sites for hydroxylation is 1. The lowest BCUT2D eigenvalue weighted by molar-refractivity contribution is 0.0944. The highest BCUT2D eigenvalue weighted by atomic mass is 35.5. The average molecular weight is 370 g/mol. The van der Waals surface area contributed by atoms with Gasteiger partial charge in [-0.25, -0.2) is 0 Å². The first-order valence-corrected chi connectivity index (χ1v) is 8.94. The number of aromatic nitrogens is 3. The van der Waals surface area contributed by atoms with E-state index >= 15 is 0 Å². The number of rotatable bonds is 6. The normalized spacial score (nSPS) is 10.7. The molecule has 6 heteroatoms. The standard InChI is InChI=1S/C20H20ClN3O2/c1-3-4-12-26-20-22-18(15-9-7-10-16(21)13-15)24(23-20)19(25)17-11-6-5-8-14(17)2/h5-11,13H,3-4,12H2,1-2H3. The number of ether oxygens (including phenoxy) is 1. The highest BCUT2D eigenvalue weighted by Gasteiger charge is 2.21. The summed E-state index contributed by atoms with van der Waals surface area (Å²) in [7, 11) is 0. The highest BCUT2D eigenvalue weighted by Crippen LogP contribution is 2.24. The Morgan fingerprint density at radius 2 is 2.00 bits per heavy atom. The Morgan fingerprint density at radius 3 is 2.73 bits per heavy atom. The van der Waals surface area contributed by atoms with Gasteiger partial charge in [0.25, 0.3) is 5.91 Å². The molecule has 0 spiro atoms. The summed E-state index contributed by atoms with van der Waals surface area (Å²) in [5, 5.41) is 4.86. The van der Waals surface area contributed by atoms with Crippen LogP contribution in [0.15, 0.2) is 48.5 Å². The minimum absolute atomic E-state index is 0.190. The summed E-state index contributed by atoms with van der Waals surface area (Å²) in [5.41, 5.74) is 2.15. The summed E-state index contributed by atoms with van der Waals surface area (Å²) < 4.78 is 6.89. The maximum Gasteiger partial charge on any atom is 0.336 e. The van der Waals surface area contributed by atoms with E-state index in [-0.39, 0.29) is 11.9 Å². The lowest BCUT2D eigenvalue weighted by atomic mass is 10.1. The Labute approximate surface area is 157 Å². The Kier molecular flexibility index (Phi) is 5.68. The third-order valence-electron chi connectivity index (χ3n) is 3.97. The lowest BCUT2D eigenvalue weighted by Gasteiger charge is -2.07. The first-order chi connectivity index (χ1) is 12.6. The van der Waals surface area contributed by atoms with E-state index in [1.165, 1.54) is 4.68 Å². The first kappa shape index (κ1) is 18.1. The van der Waals surface area contributed by atoms with Crippen LogP contribution in [0, 0.1) is 6.92 Å². The minimum Gasteiger partial charge on any atom is -0.462 e. The fourth-order valence-corrected chi connectivity index (χ4v) is 2.74. The molecule has 0 radical (unpaired) electrons. The topological polar surface area (TPSA) is 57.0 Å². The van der Waals surface area contributed by atoms with Gasteiger partial charge in [0.05, 0.1) is 6.61 Å². The van der Waals surface area contributed by atoms with Crippen molar-refractivity contribution in [1.29, 1.82) is 0 Å². The number of nitrogens with zero attached hydrogens (tertiary/aromatic N) is 3. The highest BCUT2D eigenvalue weighted by molar-refractivity contribution is 6.30. The Hall–Kier alpha value is -2.66. The molecule has 0 amide bonds. The summed E-state index contributed by atoms with van der Waals surface area (Å²) in [6.07, 6.45) is 1.90. The Bertz CT molecular complexity index is 921. The predicted molar refractivity (Wildman–Crippen MR) is 102 cm³/mol. The average Bonchev–Trinajstić information content (AvgIpc) is 3.06. The third-order valence-corrected chi connectivity index (χ3v) is 4.20. The number of carbonyl (C=O) groups excluding carboxylic acids is 1. The molecule has 0 saturated heterocycles. The van der Waals surface area contributed by atoms with E-state index in [9.17, 15) is 4.79 Å². The van der Waals surface area contributed by atoms with Gasteiger partial charge in [0, 0.05) is 16.1 Å². The van der Waals surface area contributed by atoms with E-state index in [4.69, 9.17) is 16.3 Å². The Morgan fingerprint density at radius 1 is 1.19 bits per heavy atom. The number of benzene rings is 2. The van der Waals surface area contributed by atoms with Crippen LogP contribution in [-0.2, 0) is 0 Å². The van der Waals surface area contributed by atoms with Gasteiger partial charge in [0.15, 0.2) is 5.82 Å². The predicted octanol–water partition coefficient (Wildman–Crippen LogP) is 4.77. The molecule has 0 saturated carbocycles. The molecule has 1 aromatic heterocycles. The molecule has 134 valence electrons. The second-order valence-electron chi connectivity index (χ2n) is 5.96. The fourth-order valence-electron chi connectivity index (χ4n) is 2.55. The van der Waals surface area contributed by atoms with Gasteiger partial charge in [-0.1, -0.05) is 55.3 Å². The van der Waals surface area contributed by atoms with Crippen LogP contribution in [0.25, 0.3) is 11.4 Å². The molecule has 0 N–H and O–H groups in total. The molecule has 1 heterocycles. The summed E-state index contributed by atoms with van der Waals surface area (Å²) in [5.74, 6) is 0.156. The third kappa shape index (κ3) is 3.94. The number of hydrogen-bond donors (Lipinski definition) is 0. The van der Waals surface area contributed by atoms with Crippen LogP contribution >= 0.6 is 11.6 Å². The molecular weight excluding hydrogens is 350 g/mol. The molecule has 0 aliphatic heterocycles. The quantitative estimate of drug-likeness (QED) is 0.587. The van der Waals surface area contributed by atoms with Gasteiger partial charge in [0.2, 0.25) is 0 Å². The molecule has 0 atom stereocenters. The number of halogens is 1. The molecule has 26 heavy (non-hydrogen) atoms. The molecule has 0 aliphatic carbocycles. The van der Waals surface area contributed by atoms with E-state index in [2.05, 4.69) is 17.0 Å². The minimum atomic E-state index is -0.254. The number of hydrogen-bond acceptors (Lipinski definition) is 4. The van der Waals surface area contributed by atoms with Crippen LogP contribution in [0.3, 0.4) is 0 Å². The van der Waals surface area contributed by atoms with E-state index < -0.39 is 0 Å². The molecular formula is C20H20ClN3O2. The molecule has 2 aromatic carbocycles. The summed E-state index contributed by atoms with van der Waals surface area (Å²) in [6.45, 7) is 4.48. The van der Waals surface area contributed by atoms with Crippen molar-refractivity contribution in [2.75, 3.05) is 6.61 Å². The van der Waals surface area contributed by atoms with Gasteiger partial charge < -0.3 is 4.74 Å². The maximum absolute atomic E-state index is 13.1. The van der Waals surface area contributed by atoms with Crippen LogP contribution in [0.1, 0.15) is 35.7 Å².